The van der Waals surface area contributed by atoms with E-state index < -0.39 is 0 Å². The van der Waals surface area contributed by atoms with Crippen molar-refractivity contribution >= 4 is 11.3 Å². The molecular formula is C12H21N3S. The van der Waals surface area contributed by atoms with Gasteiger partial charge in [-0.3, -0.25) is 0 Å². The normalized spacial score (nSPS) is 22.3. The van der Waals surface area contributed by atoms with Crippen LogP contribution in [0.2, 0.25) is 0 Å². The van der Waals surface area contributed by atoms with Crippen LogP contribution in [0.3, 0.4) is 0 Å². The van der Waals surface area contributed by atoms with E-state index in [2.05, 4.69) is 50.1 Å². The maximum Gasteiger partial charge on any atom is 0.131 e. The molecule has 1 fully saturated rings. The van der Waals surface area contributed by atoms with E-state index in [0.29, 0.717) is 16.7 Å². The Kier molecular flexibility index (Phi) is 2.83. The lowest BCUT2D eigenvalue weighted by atomic mass is 10.0. The van der Waals surface area contributed by atoms with Crippen molar-refractivity contribution in [1.82, 2.24) is 15.5 Å². The van der Waals surface area contributed by atoms with Gasteiger partial charge in [-0.2, -0.15) is 0 Å². The average molecular weight is 239 g/mol. The molecule has 4 heteroatoms. The van der Waals surface area contributed by atoms with Crippen LogP contribution < -0.4 is 5.32 Å². The van der Waals surface area contributed by atoms with E-state index in [1.165, 1.54) is 5.01 Å². The Morgan fingerprint density at radius 2 is 1.81 bits per heavy atom. The smallest absolute Gasteiger partial charge is 0.131 e. The summed E-state index contributed by atoms with van der Waals surface area (Å²) >= 11 is 1.76. The highest BCUT2D eigenvalue weighted by molar-refractivity contribution is 7.11. The van der Waals surface area contributed by atoms with E-state index in [4.69, 9.17) is 0 Å². The molecule has 0 aliphatic heterocycles. The van der Waals surface area contributed by atoms with Gasteiger partial charge in [-0.15, -0.1) is 10.2 Å². The molecule has 3 nitrogen and oxygen atoms in total. The fourth-order valence-electron chi connectivity index (χ4n) is 2.50. The second-order valence-corrected chi connectivity index (χ2v) is 6.78. The lowest BCUT2D eigenvalue weighted by Gasteiger charge is -2.03. The zero-order valence-corrected chi connectivity index (χ0v) is 11.6. The highest BCUT2D eigenvalue weighted by Gasteiger charge is 2.66. The summed E-state index contributed by atoms with van der Waals surface area (Å²) in [5.74, 6) is 0.577. The Bertz CT molecular complexity index is 367. The quantitative estimate of drug-likeness (QED) is 0.878. The van der Waals surface area contributed by atoms with Crippen LogP contribution in [0.1, 0.15) is 50.6 Å². The van der Waals surface area contributed by atoms with Gasteiger partial charge in [-0.25, -0.2) is 0 Å². The zero-order valence-electron chi connectivity index (χ0n) is 10.8. The molecule has 90 valence electrons. The molecule has 0 aromatic carbocycles. The summed E-state index contributed by atoms with van der Waals surface area (Å²) in [6.07, 6.45) is 0. The minimum absolute atomic E-state index is 0.363. The minimum atomic E-state index is 0.363. The van der Waals surface area contributed by atoms with Crippen LogP contribution in [0.15, 0.2) is 0 Å². The van der Waals surface area contributed by atoms with Crippen LogP contribution in [0.4, 0.5) is 0 Å². The lowest BCUT2D eigenvalue weighted by molar-refractivity contribution is 0.457. The highest BCUT2D eigenvalue weighted by atomic mass is 32.1. The predicted molar refractivity (Wildman–Crippen MR) is 67.6 cm³/mol. The number of nitrogens with one attached hydrogen (secondary N) is 1. The lowest BCUT2D eigenvalue weighted by Crippen LogP contribution is -2.11. The molecule has 1 aliphatic carbocycles. The maximum atomic E-state index is 4.35. The molecular weight excluding hydrogens is 218 g/mol. The van der Waals surface area contributed by atoms with Crippen molar-refractivity contribution in [3.63, 3.8) is 0 Å². The summed E-state index contributed by atoms with van der Waals surface area (Å²) in [5.41, 5.74) is 0.726. The first kappa shape index (κ1) is 12.0. The fourth-order valence-corrected chi connectivity index (χ4v) is 3.79. The standard InChI is InChI=1S/C12H21N3S/c1-6-13-7-8-14-15-10(16-8)9-11(2,3)12(9,4)5/h9,13H,6-7H2,1-5H3. The van der Waals surface area contributed by atoms with Crippen molar-refractivity contribution in [3.05, 3.63) is 10.0 Å². The van der Waals surface area contributed by atoms with Crippen molar-refractivity contribution < 1.29 is 0 Å². The molecule has 16 heavy (non-hydrogen) atoms. The maximum absolute atomic E-state index is 4.35. The van der Waals surface area contributed by atoms with Gasteiger partial charge in [0, 0.05) is 12.5 Å². The van der Waals surface area contributed by atoms with Crippen LogP contribution in [0, 0.1) is 10.8 Å². The molecule has 1 N–H and O–H groups in total. The summed E-state index contributed by atoms with van der Waals surface area (Å²) in [5, 5.41) is 14.2. The van der Waals surface area contributed by atoms with E-state index in [1.54, 1.807) is 11.3 Å². The van der Waals surface area contributed by atoms with E-state index in [9.17, 15) is 0 Å². The van der Waals surface area contributed by atoms with Gasteiger partial charge in [0.15, 0.2) is 0 Å². The third-order valence-corrected chi connectivity index (χ3v) is 5.26. The summed E-state index contributed by atoms with van der Waals surface area (Å²) in [6.45, 7) is 13.2. The number of hydrogen-bond donors (Lipinski definition) is 1. The minimum Gasteiger partial charge on any atom is -0.311 e. The predicted octanol–water partition coefficient (Wildman–Crippen LogP) is 2.80. The number of rotatable bonds is 4. The molecule has 2 rings (SSSR count). The fraction of sp³-hybridized carbons (Fsp3) is 0.833. The summed E-state index contributed by atoms with van der Waals surface area (Å²) in [4.78, 5) is 0. The van der Waals surface area contributed by atoms with Gasteiger partial charge in [0.2, 0.25) is 0 Å². The van der Waals surface area contributed by atoms with Gasteiger partial charge < -0.3 is 5.32 Å². The van der Waals surface area contributed by atoms with Gasteiger partial charge in [0.05, 0.1) is 0 Å². The van der Waals surface area contributed by atoms with Crippen LogP contribution in [-0.4, -0.2) is 16.7 Å². The van der Waals surface area contributed by atoms with Crippen LogP contribution in [0.25, 0.3) is 0 Å². The summed E-state index contributed by atoms with van der Waals surface area (Å²) in [6, 6.07) is 0. The molecule has 0 atom stereocenters. The average Bonchev–Trinajstić information content (AvgIpc) is 2.56. The molecule has 1 heterocycles. The summed E-state index contributed by atoms with van der Waals surface area (Å²) < 4.78 is 0. The second-order valence-electron chi connectivity index (χ2n) is 5.69. The second kappa shape index (κ2) is 3.77. The van der Waals surface area contributed by atoms with E-state index in [-0.39, 0.29) is 0 Å². The van der Waals surface area contributed by atoms with Gasteiger partial charge in [0.25, 0.3) is 0 Å². The summed E-state index contributed by atoms with van der Waals surface area (Å²) in [7, 11) is 0. The molecule has 0 saturated heterocycles. The third kappa shape index (κ3) is 1.68. The van der Waals surface area contributed by atoms with Crippen molar-refractivity contribution in [2.24, 2.45) is 10.8 Å². The van der Waals surface area contributed by atoms with Crippen LogP contribution >= 0.6 is 11.3 Å². The molecule has 0 bridgehead atoms. The topological polar surface area (TPSA) is 37.8 Å². The molecule has 1 saturated carbocycles. The molecule has 0 unspecified atom stereocenters. The largest absolute Gasteiger partial charge is 0.311 e. The zero-order chi connectivity index (χ0) is 12.0. The number of nitrogens with zero attached hydrogens (tertiary/aromatic N) is 2. The Hall–Kier alpha value is -0.480. The number of aromatic nitrogens is 2. The van der Waals surface area contributed by atoms with Crippen molar-refractivity contribution in [3.8, 4) is 0 Å². The van der Waals surface area contributed by atoms with Crippen molar-refractivity contribution in [2.75, 3.05) is 6.54 Å². The Morgan fingerprint density at radius 1 is 1.19 bits per heavy atom. The van der Waals surface area contributed by atoms with Crippen LogP contribution in [-0.2, 0) is 6.54 Å². The SMILES string of the molecule is CCNCc1nnc(C2C(C)(C)C2(C)C)s1. The van der Waals surface area contributed by atoms with Crippen molar-refractivity contribution in [1.29, 1.82) is 0 Å². The first-order chi connectivity index (χ1) is 7.41. The first-order valence-electron chi connectivity index (χ1n) is 5.94. The van der Waals surface area contributed by atoms with Gasteiger partial charge in [-0.05, 0) is 17.4 Å². The first-order valence-corrected chi connectivity index (χ1v) is 6.76. The molecule has 0 spiro atoms. The molecule has 0 radical (unpaired) electrons. The van der Waals surface area contributed by atoms with Crippen molar-refractivity contribution in [2.45, 2.75) is 47.1 Å². The monoisotopic (exact) mass is 239 g/mol. The van der Waals surface area contributed by atoms with E-state index in [0.717, 1.165) is 18.1 Å². The molecule has 1 aromatic rings. The molecule has 0 amide bonds. The number of hydrogen-bond acceptors (Lipinski definition) is 4. The van der Waals surface area contributed by atoms with Gasteiger partial charge in [0.1, 0.15) is 10.0 Å². The Balaban J connectivity index is 2.10. The Labute approximate surface area is 102 Å². The third-order valence-electron chi connectivity index (χ3n) is 4.28. The van der Waals surface area contributed by atoms with E-state index >= 15 is 0 Å². The van der Waals surface area contributed by atoms with Gasteiger partial charge >= 0.3 is 0 Å². The van der Waals surface area contributed by atoms with Gasteiger partial charge in [-0.1, -0.05) is 46.0 Å². The highest BCUT2D eigenvalue weighted by Crippen LogP contribution is 2.73. The molecule has 1 aliphatic rings. The Morgan fingerprint density at radius 3 is 2.31 bits per heavy atom. The molecule has 1 aromatic heterocycles. The van der Waals surface area contributed by atoms with E-state index in [1.807, 2.05) is 0 Å². The van der Waals surface area contributed by atoms with Crippen LogP contribution in [0.5, 0.6) is 0 Å².